The minimum absolute atomic E-state index is 0.000315. The van der Waals surface area contributed by atoms with E-state index in [1.165, 1.54) is 0 Å². The van der Waals surface area contributed by atoms with Gasteiger partial charge in [0.05, 0.1) is 30.7 Å². The maximum absolute atomic E-state index is 13.2. The topological polar surface area (TPSA) is 96.3 Å². The molecule has 7 nitrogen and oxygen atoms in total. The molecule has 3 rings (SSSR count). The Morgan fingerprint density at radius 2 is 1.91 bits per heavy atom. The normalized spacial score (nSPS) is 20.0. The molecule has 2 N–H and O–H groups in total. The summed E-state index contributed by atoms with van der Waals surface area (Å²) in [6.07, 6.45) is 2.82. The van der Waals surface area contributed by atoms with Gasteiger partial charge in [-0.15, -0.1) is 0 Å². The Morgan fingerprint density at radius 3 is 2.61 bits per heavy atom. The van der Waals surface area contributed by atoms with E-state index in [9.17, 15) is 8.42 Å². The smallest absolute Gasteiger partial charge is 0.391 e. The highest BCUT2D eigenvalue weighted by molar-refractivity contribution is 7.93. The van der Waals surface area contributed by atoms with Gasteiger partial charge in [0.25, 0.3) is 0 Å². The van der Waals surface area contributed by atoms with Crippen LogP contribution in [0.3, 0.4) is 0 Å². The average Bonchev–Trinajstić information content (AvgIpc) is 3.01. The van der Waals surface area contributed by atoms with E-state index >= 15 is 0 Å². The minimum Gasteiger partial charge on any atom is -0.427 e. The Balaban J connectivity index is 1.79. The van der Waals surface area contributed by atoms with Crippen molar-refractivity contribution in [3.8, 4) is 5.75 Å². The molecule has 1 aliphatic rings. The van der Waals surface area contributed by atoms with Crippen LogP contribution in [0, 0.1) is 5.92 Å². The molecule has 1 aliphatic heterocycles. The van der Waals surface area contributed by atoms with E-state index in [2.05, 4.69) is 20.8 Å². The van der Waals surface area contributed by atoms with Crippen LogP contribution < -0.4 is 8.83 Å². The van der Waals surface area contributed by atoms with Crippen molar-refractivity contribution < 1.29 is 27.5 Å². The molecule has 0 aliphatic carbocycles. The van der Waals surface area contributed by atoms with Crippen molar-refractivity contribution in [2.45, 2.75) is 58.6 Å². The van der Waals surface area contributed by atoms with Crippen molar-refractivity contribution >= 4 is 24.3 Å². The van der Waals surface area contributed by atoms with Gasteiger partial charge in [-0.25, -0.2) is 8.42 Å². The Labute approximate surface area is 198 Å². The molecule has 2 aromatic carbocycles. The van der Waals surface area contributed by atoms with Gasteiger partial charge >= 0.3 is 8.60 Å². The average molecular weight is 496 g/mol. The highest BCUT2D eigenvalue weighted by Crippen LogP contribution is 2.37. The summed E-state index contributed by atoms with van der Waals surface area (Å²) in [5, 5.41) is 0. The van der Waals surface area contributed by atoms with E-state index in [4.69, 9.17) is 19.0 Å². The zero-order valence-electron chi connectivity index (χ0n) is 19.4. The maximum atomic E-state index is 13.2. The second-order valence-electron chi connectivity index (χ2n) is 8.80. The van der Waals surface area contributed by atoms with Crippen molar-refractivity contribution in [3.63, 3.8) is 0 Å². The van der Waals surface area contributed by atoms with Crippen molar-refractivity contribution in [1.82, 2.24) is 0 Å². The SMILES string of the molecule is CCCCC1CS(=O)(=O)N(c2cccc(C(C)C)c2)C1COCc1cccc(OP(O)O)c1. The molecule has 0 radical (unpaired) electrons. The lowest BCUT2D eigenvalue weighted by Crippen LogP contribution is -2.39. The van der Waals surface area contributed by atoms with E-state index in [1.54, 1.807) is 22.5 Å². The molecular formula is C24H34NO6PS. The fraction of sp³-hybridized carbons (Fsp3) is 0.500. The molecular weight excluding hydrogens is 461 g/mol. The number of sulfonamides is 1. The third-order valence-corrected chi connectivity index (χ3v) is 8.24. The third-order valence-electron chi connectivity index (χ3n) is 5.93. The summed E-state index contributed by atoms with van der Waals surface area (Å²) in [6, 6.07) is 14.4. The van der Waals surface area contributed by atoms with Gasteiger partial charge in [-0.05, 0) is 53.6 Å². The van der Waals surface area contributed by atoms with Crippen LogP contribution in [0.1, 0.15) is 57.1 Å². The number of ether oxygens (including phenoxy) is 1. The van der Waals surface area contributed by atoms with Gasteiger partial charge in [0.2, 0.25) is 10.0 Å². The number of benzene rings is 2. The Hall–Kier alpha value is -1.70. The first-order valence-corrected chi connectivity index (χ1v) is 14.1. The summed E-state index contributed by atoms with van der Waals surface area (Å²) in [5.41, 5.74) is 2.61. The van der Waals surface area contributed by atoms with Crippen LogP contribution in [-0.2, 0) is 21.4 Å². The largest absolute Gasteiger partial charge is 0.427 e. The summed E-state index contributed by atoms with van der Waals surface area (Å²) in [4.78, 5) is 18.1. The number of unbranched alkanes of at least 4 members (excludes halogenated alkanes) is 1. The number of hydrogen-bond acceptors (Lipinski definition) is 6. The first-order chi connectivity index (χ1) is 15.7. The van der Waals surface area contributed by atoms with Gasteiger partial charge in [-0.1, -0.05) is 57.9 Å². The molecule has 182 valence electrons. The molecule has 0 saturated carbocycles. The molecule has 1 fully saturated rings. The van der Waals surface area contributed by atoms with Gasteiger partial charge in [0.1, 0.15) is 5.75 Å². The highest BCUT2D eigenvalue weighted by atomic mass is 32.2. The Bertz CT molecular complexity index is 1010. The van der Waals surface area contributed by atoms with Crippen LogP contribution in [0.15, 0.2) is 48.5 Å². The van der Waals surface area contributed by atoms with Crippen molar-refractivity contribution in [3.05, 3.63) is 59.7 Å². The van der Waals surface area contributed by atoms with Crippen LogP contribution >= 0.6 is 8.60 Å². The lowest BCUT2D eigenvalue weighted by Gasteiger charge is -2.28. The van der Waals surface area contributed by atoms with E-state index in [0.717, 1.165) is 30.4 Å². The highest BCUT2D eigenvalue weighted by Gasteiger charge is 2.44. The standard InChI is InChI=1S/C24H34NO6PS/c1-4-5-9-21-17-33(28,29)25(22-11-7-10-20(14-22)18(2)3)24(21)16-30-15-19-8-6-12-23(13-19)31-32(26)27/h6-8,10-14,18,21,24,26-27H,4-5,9,15-17H2,1-3H3. The van der Waals surface area contributed by atoms with Crippen molar-refractivity contribution in [2.24, 2.45) is 5.92 Å². The summed E-state index contributed by atoms with van der Waals surface area (Å²) in [6.45, 7) is 6.84. The van der Waals surface area contributed by atoms with Crippen LogP contribution in [0.25, 0.3) is 0 Å². The maximum Gasteiger partial charge on any atom is 0.391 e. The van der Waals surface area contributed by atoms with E-state index < -0.39 is 18.6 Å². The molecule has 1 saturated heterocycles. The molecule has 0 spiro atoms. The van der Waals surface area contributed by atoms with Gasteiger partial charge in [0, 0.05) is 0 Å². The predicted molar refractivity (Wildman–Crippen MR) is 132 cm³/mol. The van der Waals surface area contributed by atoms with E-state index in [-0.39, 0.29) is 30.9 Å². The molecule has 0 aromatic heterocycles. The summed E-state index contributed by atoms with van der Waals surface area (Å²) in [7, 11) is -5.93. The first-order valence-electron chi connectivity index (χ1n) is 11.4. The number of hydrogen-bond donors (Lipinski definition) is 2. The zero-order chi connectivity index (χ0) is 24.0. The molecule has 2 aromatic rings. The molecule has 0 amide bonds. The second-order valence-corrected chi connectivity index (χ2v) is 11.4. The second kappa shape index (κ2) is 11.6. The number of anilines is 1. The Morgan fingerprint density at radius 1 is 1.15 bits per heavy atom. The zero-order valence-corrected chi connectivity index (χ0v) is 21.1. The molecule has 2 atom stereocenters. The third kappa shape index (κ3) is 6.90. The summed E-state index contributed by atoms with van der Waals surface area (Å²) >= 11 is 0. The lowest BCUT2D eigenvalue weighted by molar-refractivity contribution is 0.0980. The van der Waals surface area contributed by atoms with Crippen LogP contribution in [0.2, 0.25) is 0 Å². The van der Waals surface area contributed by atoms with Crippen LogP contribution in [0.4, 0.5) is 5.69 Å². The fourth-order valence-electron chi connectivity index (χ4n) is 4.26. The molecule has 9 heteroatoms. The molecule has 33 heavy (non-hydrogen) atoms. The van der Waals surface area contributed by atoms with E-state index in [1.807, 2.05) is 30.3 Å². The number of rotatable bonds is 11. The monoisotopic (exact) mass is 495 g/mol. The minimum atomic E-state index is -3.45. The first kappa shape index (κ1) is 25.9. The van der Waals surface area contributed by atoms with Crippen LogP contribution in [0.5, 0.6) is 5.75 Å². The summed E-state index contributed by atoms with van der Waals surface area (Å²) < 4.78 is 39.0. The van der Waals surface area contributed by atoms with Crippen molar-refractivity contribution in [1.29, 1.82) is 0 Å². The van der Waals surface area contributed by atoms with Gasteiger partial charge in [0.15, 0.2) is 0 Å². The van der Waals surface area contributed by atoms with Gasteiger partial charge in [-0.3, -0.25) is 4.31 Å². The molecule has 2 unspecified atom stereocenters. The summed E-state index contributed by atoms with van der Waals surface area (Å²) in [5.74, 6) is 0.782. The van der Waals surface area contributed by atoms with Crippen LogP contribution in [-0.4, -0.2) is 36.6 Å². The Kier molecular flexibility index (Phi) is 9.13. The molecule has 1 heterocycles. The molecule has 0 bridgehead atoms. The van der Waals surface area contributed by atoms with E-state index in [0.29, 0.717) is 17.4 Å². The van der Waals surface area contributed by atoms with Gasteiger partial charge < -0.3 is 19.0 Å². The number of nitrogens with zero attached hydrogens (tertiary/aromatic N) is 1. The fourth-order valence-corrected chi connectivity index (χ4v) is 6.74. The quantitative estimate of drug-likeness (QED) is 0.429. The predicted octanol–water partition coefficient (Wildman–Crippen LogP) is 4.94. The van der Waals surface area contributed by atoms with Gasteiger partial charge in [-0.2, -0.15) is 0 Å². The lowest BCUT2D eigenvalue weighted by atomic mass is 9.95. The van der Waals surface area contributed by atoms with Crippen molar-refractivity contribution in [2.75, 3.05) is 16.7 Å².